The molecule has 3 aromatic rings. The molecule has 1 saturated heterocycles. The van der Waals surface area contributed by atoms with E-state index in [1.165, 1.54) is 5.56 Å². The summed E-state index contributed by atoms with van der Waals surface area (Å²) >= 11 is 0. The highest BCUT2D eigenvalue weighted by molar-refractivity contribution is 5.83. The van der Waals surface area contributed by atoms with Crippen LogP contribution in [-0.2, 0) is 21.7 Å². The molecule has 6 nitrogen and oxygen atoms in total. The molecule has 1 aromatic heterocycles. The average Bonchev–Trinajstić information content (AvgIpc) is 3.43. The Morgan fingerprint density at radius 3 is 2.75 bits per heavy atom. The van der Waals surface area contributed by atoms with E-state index in [0.717, 1.165) is 54.9 Å². The number of carbonyl (C=O) groups excluding carboxylic acids is 1. The summed E-state index contributed by atoms with van der Waals surface area (Å²) < 4.78 is 8.40. The number of benzene rings is 2. The van der Waals surface area contributed by atoms with Gasteiger partial charge in [0.15, 0.2) is 6.10 Å². The minimum Gasteiger partial charge on any atom is -0.357 e. The van der Waals surface area contributed by atoms with Gasteiger partial charge in [0.1, 0.15) is 0 Å². The van der Waals surface area contributed by atoms with Gasteiger partial charge in [0, 0.05) is 38.4 Å². The van der Waals surface area contributed by atoms with Crippen LogP contribution in [0.3, 0.4) is 0 Å². The van der Waals surface area contributed by atoms with Gasteiger partial charge in [-0.3, -0.25) is 9.69 Å². The molecule has 0 aliphatic carbocycles. The normalized spacial score (nSPS) is 19.6. The van der Waals surface area contributed by atoms with Crippen LogP contribution < -0.4 is 5.32 Å². The minimum atomic E-state index is -0.551. The summed E-state index contributed by atoms with van der Waals surface area (Å²) in [4.78, 5) is 14.9. The number of likely N-dealkylation sites (N-methyl/N-ethyl adjacent to an activating group) is 1. The van der Waals surface area contributed by atoms with Gasteiger partial charge in [0.25, 0.3) is 5.91 Å². The second kappa shape index (κ2) is 8.37. The van der Waals surface area contributed by atoms with Crippen molar-refractivity contribution in [1.82, 2.24) is 20.0 Å². The van der Waals surface area contributed by atoms with Gasteiger partial charge in [-0.1, -0.05) is 43.0 Å². The first-order valence-corrected chi connectivity index (χ1v) is 11.1. The fourth-order valence-corrected chi connectivity index (χ4v) is 4.88. The summed E-state index contributed by atoms with van der Waals surface area (Å²) in [5.74, 6) is -0.0924. The van der Waals surface area contributed by atoms with Crippen molar-refractivity contribution in [3.05, 3.63) is 89.8 Å². The van der Waals surface area contributed by atoms with Crippen LogP contribution in [0, 0.1) is 0 Å². The van der Waals surface area contributed by atoms with Gasteiger partial charge in [-0.15, -0.1) is 0 Å². The second-order valence-electron chi connectivity index (χ2n) is 8.56. The number of aromatic nitrogens is 2. The summed E-state index contributed by atoms with van der Waals surface area (Å²) in [6.45, 7) is 6.55. The third kappa shape index (κ3) is 3.66. The molecule has 1 atom stereocenters. The van der Waals surface area contributed by atoms with Gasteiger partial charge in [-0.25, -0.2) is 4.68 Å². The van der Waals surface area contributed by atoms with Gasteiger partial charge in [-0.2, -0.15) is 5.10 Å². The van der Waals surface area contributed by atoms with Crippen molar-refractivity contribution in [2.75, 3.05) is 20.1 Å². The molecule has 5 rings (SSSR count). The van der Waals surface area contributed by atoms with E-state index in [1.807, 2.05) is 47.3 Å². The smallest absolute Gasteiger partial charge is 0.253 e. The SMILES string of the molecule is C=Cc1ccc2c(c1)C1(CCN(Cc3cnn(-c4ccccc4)c3)CC1)OC2C(=O)NC. The highest BCUT2D eigenvalue weighted by Crippen LogP contribution is 2.49. The molecule has 2 aromatic carbocycles. The van der Waals surface area contributed by atoms with Crippen LogP contribution in [0.1, 0.15) is 41.2 Å². The Hall–Kier alpha value is -3.22. The number of amides is 1. The third-order valence-corrected chi connectivity index (χ3v) is 6.64. The Bertz CT molecular complexity index is 1130. The molecule has 2 aliphatic heterocycles. The summed E-state index contributed by atoms with van der Waals surface area (Å²) in [6, 6.07) is 16.3. The molecule has 0 saturated carbocycles. The van der Waals surface area contributed by atoms with E-state index in [0.29, 0.717) is 0 Å². The van der Waals surface area contributed by atoms with Gasteiger partial charge in [0.2, 0.25) is 0 Å². The number of likely N-dealkylation sites (tertiary alicyclic amines) is 1. The monoisotopic (exact) mass is 428 g/mol. The Morgan fingerprint density at radius 1 is 1.25 bits per heavy atom. The molecule has 2 aliphatic rings. The van der Waals surface area contributed by atoms with Crippen LogP contribution in [0.2, 0.25) is 0 Å². The zero-order valence-corrected chi connectivity index (χ0v) is 18.3. The first-order chi connectivity index (χ1) is 15.6. The van der Waals surface area contributed by atoms with Crippen molar-refractivity contribution in [3.63, 3.8) is 0 Å². The van der Waals surface area contributed by atoms with Crippen LogP contribution >= 0.6 is 0 Å². The zero-order chi connectivity index (χ0) is 22.1. The Labute approximate surface area is 188 Å². The predicted octanol–water partition coefficient (Wildman–Crippen LogP) is 3.82. The number of fused-ring (bicyclic) bond motifs is 2. The van der Waals surface area contributed by atoms with E-state index >= 15 is 0 Å². The van der Waals surface area contributed by atoms with Crippen molar-refractivity contribution >= 4 is 12.0 Å². The minimum absolute atomic E-state index is 0.0924. The van der Waals surface area contributed by atoms with E-state index in [-0.39, 0.29) is 5.91 Å². The summed E-state index contributed by atoms with van der Waals surface area (Å²) in [5, 5.41) is 7.27. The molecule has 1 spiro atoms. The van der Waals surface area contributed by atoms with Crippen LogP contribution in [0.15, 0.2) is 67.5 Å². The average molecular weight is 429 g/mol. The number of para-hydroxylation sites is 1. The van der Waals surface area contributed by atoms with Crippen LogP contribution in [0.5, 0.6) is 0 Å². The van der Waals surface area contributed by atoms with Crippen molar-refractivity contribution < 1.29 is 9.53 Å². The Morgan fingerprint density at radius 2 is 2.03 bits per heavy atom. The first kappa shape index (κ1) is 20.7. The molecule has 0 radical (unpaired) electrons. The lowest BCUT2D eigenvalue weighted by Crippen LogP contribution is -2.42. The lowest BCUT2D eigenvalue weighted by molar-refractivity contribution is -0.150. The Kier molecular flexibility index (Phi) is 5.41. The maximum Gasteiger partial charge on any atom is 0.253 e. The molecule has 1 N–H and O–H groups in total. The number of piperidine rings is 1. The van der Waals surface area contributed by atoms with Crippen molar-refractivity contribution in [2.24, 2.45) is 0 Å². The quantitative estimate of drug-likeness (QED) is 0.671. The largest absolute Gasteiger partial charge is 0.357 e. The Balaban J connectivity index is 1.31. The number of hydrogen-bond acceptors (Lipinski definition) is 4. The van der Waals surface area contributed by atoms with E-state index in [1.54, 1.807) is 7.05 Å². The number of rotatable bonds is 5. The van der Waals surface area contributed by atoms with E-state index < -0.39 is 11.7 Å². The lowest BCUT2D eigenvalue weighted by Gasteiger charge is -2.39. The number of nitrogens with zero attached hydrogens (tertiary/aromatic N) is 3. The predicted molar refractivity (Wildman–Crippen MR) is 124 cm³/mol. The molecule has 6 heteroatoms. The highest BCUT2D eigenvalue weighted by atomic mass is 16.5. The zero-order valence-electron chi connectivity index (χ0n) is 18.3. The molecule has 0 bridgehead atoms. The van der Waals surface area contributed by atoms with Crippen molar-refractivity contribution in [1.29, 1.82) is 0 Å². The van der Waals surface area contributed by atoms with E-state index in [9.17, 15) is 4.79 Å². The van der Waals surface area contributed by atoms with Gasteiger partial charge in [-0.05, 0) is 47.7 Å². The first-order valence-electron chi connectivity index (χ1n) is 11.1. The molecular weight excluding hydrogens is 400 g/mol. The lowest BCUT2D eigenvalue weighted by atomic mass is 9.82. The molecule has 1 amide bonds. The molecule has 1 unspecified atom stereocenters. The standard InChI is InChI=1S/C26H28N4O2/c1-3-19-9-10-22-23(15-19)26(32-24(22)25(31)27-2)11-13-29(14-12-26)17-20-16-28-30(18-20)21-7-5-4-6-8-21/h3-10,15-16,18,24H,1,11-14,17H2,2H3,(H,27,31). The number of carbonyl (C=O) groups is 1. The van der Waals surface area contributed by atoms with Crippen molar-refractivity contribution in [2.45, 2.75) is 31.1 Å². The fraction of sp³-hybridized carbons (Fsp3) is 0.308. The third-order valence-electron chi connectivity index (χ3n) is 6.64. The van der Waals surface area contributed by atoms with Crippen LogP contribution in [0.25, 0.3) is 11.8 Å². The molecular formula is C26H28N4O2. The topological polar surface area (TPSA) is 59.4 Å². The fourth-order valence-electron chi connectivity index (χ4n) is 4.88. The summed E-state index contributed by atoms with van der Waals surface area (Å²) in [6.07, 6.45) is 7.03. The summed E-state index contributed by atoms with van der Waals surface area (Å²) in [5.41, 5.74) is 5.00. The van der Waals surface area contributed by atoms with Gasteiger partial charge < -0.3 is 10.1 Å². The van der Waals surface area contributed by atoms with Crippen LogP contribution in [0.4, 0.5) is 0 Å². The molecule has 1 fully saturated rings. The number of ether oxygens (including phenoxy) is 1. The number of nitrogens with one attached hydrogen (secondary N) is 1. The second-order valence-corrected chi connectivity index (χ2v) is 8.56. The van der Waals surface area contributed by atoms with Gasteiger partial charge >= 0.3 is 0 Å². The molecule has 3 heterocycles. The van der Waals surface area contributed by atoms with E-state index in [4.69, 9.17) is 4.74 Å². The van der Waals surface area contributed by atoms with Crippen LogP contribution in [-0.4, -0.2) is 40.7 Å². The molecule has 164 valence electrons. The van der Waals surface area contributed by atoms with E-state index in [2.05, 4.69) is 46.3 Å². The van der Waals surface area contributed by atoms with Crippen molar-refractivity contribution in [3.8, 4) is 5.69 Å². The maximum atomic E-state index is 12.5. The maximum absolute atomic E-state index is 12.5. The summed E-state index contributed by atoms with van der Waals surface area (Å²) in [7, 11) is 1.66. The number of hydrogen-bond donors (Lipinski definition) is 1. The van der Waals surface area contributed by atoms with Gasteiger partial charge in [0.05, 0.1) is 17.5 Å². The highest BCUT2D eigenvalue weighted by Gasteiger charge is 2.48. The molecule has 32 heavy (non-hydrogen) atoms.